The van der Waals surface area contributed by atoms with Crippen LogP contribution in [0.15, 0.2) is 54.6 Å². The number of carbonyl (C=O) groups excluding carboxylic acids is 2. The number of aryl methyl sites for hydroxylation is 1. The molecule has 6 rings (SSSR count). The number of benzene rings is 2. The predicted molar refractivity (Wildman–Crippen MR) is 159 cm³/mol. The number of aliphatic hydroxyl groups is 1. The lowest BCUT2D eigenvalue weighted by Gasteiger charge is -2.32. The van der Waals surface area contributed by atoms with Crippen LogP contribution in [-0.4, -0.2) is 52.3 Å². The Kier molecular flexibility index (Phi) is 7.62. The van der Waals surface area contributed by atoms with Crippen molar-refractivity contribution in [3.8, 4) is 22.8 Å². The second-order valence-electron chi connectivity index (χ2n) is 11.7. The summed E-state index contributed by atoms with van der Waals surface area (Å²) >= 11 is 0. The third-order valence-electron chi connectivity index (χ3n) is 8.52. The quantitative estimate of drug-likeness (QED) is 0.220. The Bertz CT molecular complexity index is 1860. The van der Waals surface area contributed by atoms with Crippen LogP contribution in [0.5, 0.6) is 11.5 Å². The van der Waals surface area contributed by atoms with Crippen LogP contribution in [0.2, 0.25) is 0 Å². The molecule has 13 heteroatoms. The Morgan fingerprint density at radius 1 is 1.11 bits per heavy atom. The summed E-state index contributed by atoms with van der Waals surface area (Å²) < 4.78 is 70.0. The second kappa shape index (κ2) is 11.2. The van der Waals surface area contributed by atoms with Crippen LogP contribution in [-0.2, 0) is 15.8 Å². The second-order valence-corrected chi connectivity index (χ2v) is 11.7. The van der Waals surface area contributed by atoms with E-state index in [1.807, 2.05) is 0 Å². The number of rotatable bonds is 9. The van der Waals surface area contributed by atoms with E-state index in [0.29, 0.717) is 16.7 Å². The van der Waals surface area contributed by atoms with Crippen LogP contribution in [0, 0.1) is 12.7 Å². The molecule has 46 heavy (non-hydrogen) atoms. The van der Waals surface area contributed by atoms with Crippen molar-refractivity contribution in [2.75, 3.05) is 13.2 Å². The maximum atomic E-state index is 14.8. The highest BCUT2D eigenvalue weighted by Crippen LogP contribution is 2.49. The molecule has 0 saturated heterocycles. The number of pyridine rings is 2. The summed E-state index contributed by atoms with van der Waals surface area (Å²) in [5, 5.41) is 14.1. The van der Waals surface area contributed by atoms with Crippen molar-refractivity contribution in [3.63, 3.8) is 0 Å². The number of hydrogen-bond acceptors (Lipinski definition) is 7. The summed E-state index contributed by atoms with van der Waals surface area (Å²) in [4.78, 5) is 34.7. The molecule has 2 aliphatic rings. The standard InChI is InChI=1S/C33H30F4N4O5/c1-3-31(30(38)43)16-45-28-23(31)14-25(41-27(28)18-6-8-21(34)9-7-18)32(44,33(35,36)37)15-39-29(42)20-12-19-5-4-17(2)40-26(19)24(13-20)46-22-10-11-22/h4-9,12-14,22,44H,3,10-11,15-16H2,1-2H3,(H2,38,43)(H,39,42)/t31-,32?/m0/s1. The number of amides is 2. The van der Waals surface area contributed by atoms with Crippen molar-refractivity contribution in [1.29, 1.82) is 0 Å². The number of halogens is 4. The van der Waals surface area contributed by atoms with Gasteiger partial charge >= 0.3 is 6.18 Å². The van der Waals surface area contributed by atoms with E-state index in [1.165, 1.54) is 24.3 Å². The number of alkyl halides is 3. The van der Waals surface area contributed by atoms with Gasteiger partial charge in [-0.1, -0.05) is 13.0 Å². The number of carbonyl (C=O) groups is 2. The van der Waals surface area contributed by atoms with Gasteiger partial charge in [0, 0.05) is 27.8 Å². The molecule has 1 unspecified atom stereocenters. The summed E-state index contributed by atoms with van der Waals surface area (Å²) in [6.07, 6.45) is -3.66. The molecule has 0 radical (unpaired) electrons. The lowest BCUT2D eigenvalue weighted by Crippen LogP contribution is -2.52. The van der Waals surface area contributed by atoms with E-state index < -0.39 is 47.1 Å². The van der Waals surface area contributed by atoms with Crippen molar-refractivity contribution in [3.05, 3.63) is 82.9 Å². The highest BCUT2D eigenvalue weighted by molar-refractivity contribution is 6.00. The minimum absolute atomic E-state index is 0.0000145. The highest BCUT2D eigenvalue weighted by Gasteiger charge is 2.58. The summed E-state index contributed by atoms with van der Waals surface area (Å²) in [6, 6.07) is 12.0. The third-order valence-corrected chi connectivity index (χ3v) is 8.52. The minimum Gasteiger partial charge on any atom is -0.489 e. The average molecular weight is 639 g/mol. The fourth-order valence-electron chi connectivity index (χ4n) is 5.53. The van der Waals surface area contributed by atoms with Crippen molar-refractivity contribution >= 4 is 22.7 Å². The topological polar surface area (TPSA) is 137 Å². The third kappa shape index (κ3) is 5.38. The lowest BCUT2D eigenvalue weighted by atomic mass is 9.78. The van der Waals surface area contributed by atoms with E-state index in [0.717, 1.165) is 36.7 Å². The molecule has 3 heterocycles. The Morgan fingerprint density at radius 3 is 2.46 bits per heavy atom. The summed E-state index contributed by atoms with van der Waals surface area (Å²) in [5.41, 5.74) is 0.824. The first-order chi connectivity index (χ1) is 21.8. The number of ether oxygens (including phenoxy) is 2. The van der Waals surface area contributed by atoms with Gasteiger partial charge in [-0.15, -0.1) is 0 Å². The van der Waals surface area contributed by atoms with Crippen LogP contribution in [0.25, 0.3) is 22.2 Å². The van der Waals surface area contributed by atoms with Gasteiger partial charge in [-0.25, -0.2) is 14.4 Å². The van der Waals surface area contributed by atoms with E-state index >= 15 is 0 Å². The lowest BCUT2D eigenvalue weighted by molar-refractivity contribution is -0.265. The van der Waals surface area contributed by atoms with Crippen LogP contribution in [0.1, 0.15) is 53.5 Å². The zero-order chi connectivity index (χ0) is 33.0. The zero-order valence-corrected chi connectivity index (χ0v) is 24.9. The largest absolute Gasteiger partial charge is 0.489 e. The molecular weight excluding hydrogens is 608 g/mol. The molecule has 2 atom stereocenters. The molecule has 0 bridgehead atoms. The van der Waals surface area contributed by atoms with Crippen molar-refractivity contribution in [2.45, 2.75) is 56.4 Å². The molecule has 0 spiro atoms. The summed E-state index contributed by atoms with van der Waals surface area (Å²) in [5.74, 6) is -2.03. The molecule has 240 valence electrons. The number of aromatic nitrogens is 2. The number of nitrogens with two attached hydrogens (primary N) is 1. The fourth-order valence-corrected chi connectivity index (χ4v) is 5.53. The van der Waals surface area contributed by atoms with Crippen LogP contribution >= 0.6 is 0 Å². The Hall–Kier alpha value is -4.78. The molecular formula is C33H30F4N4O5. The first kappa shape index (κ1) is 31.2. The molecule has 1 fully saturated rings. The van der Waals surface area contributed by atoms with Crippen molar-refractivity contribution in [1.82, 2.24) is 15.3 Å². The van der Waals surface area contributed by atoms with Gasteiger partial charge in [-0.05, 0) is 74.7 Å². The number of nitrogens with one attached hydrogen (secondary N) is 1. The summed E-state index contributed by atoms with van der Waals surface area (Å²) in [6.45, 7) is 1.83. The van der Waals surface area contributed by atoms with Gasteiger partial charge in [0.15, 0.2) is 0 Å². The molecule has 4 aromatic rings. The number of nitrogens with zero attached hydrogens (tertiary/aromatic N) is 2. The molecule has 2 aromatic carbocycles. The van der Waals surface area contributed by atoms with Crippen LogP contribution in [0.3, 0.4) is 0 Å². The minimum atomic E-state index is -5.35. The maximum absolute atomic E-state index is 14.8. The van der Waals surface area contributed by atoms with Gasteiger partial charge in [0.2, 0.25) is 11.5 Å². The first-order valence-corrected chi connectivity index (χ1v) is 14.7. The molecule has 1 aliphatic heterocycles. The van der Waals surface area contributed by atoms with Crippen LogP contribution in [0.4, 0.5) is 17.6 Å². The monoisotopic (exact) mass is 638 g/mol. The van der Waals surface area contributed by atoms with Gasteiger partial charge in [0.05, 0.1) is 18.3 Å². The van der Waals surface area contributed by atoms with Crippen molar-refractivity contribution in [2.24, 2.45) is 5.73 Å². The van der Waals surface area contributed by atoms with E-state index in [4.69, 9.17) is 15.2 Å². The van der Waals surface area contributed by atoms with E-state index in [-0.39, 0.29) is 47.3 Å². The fraction of sp³-hybridized carbons (Fsp3) is 0.333. The SMILES string of the molecule is CC[C@]1(C(N)=O)COc2c1cc(C(O)(CNC(=O)c1cc(OC3CC3)c3nc(C)ccc3c1)C(F)(F)F)nc2-c1ccc(F)cc1. The Labute approximate surface area is 260 Å². The number of fused-ring (bicyclic) bond motifs is 2. The molecule has 9 nitrogen and oxygen atoms in total. The molecule has 2 amide bonds. The van der Waals surface area contributed by atoms with E-state index in [2.05, 4.69) is 15.3 Å². The molecule has 1 aliphatic carbocycles. The van der Waals surface area contributed by atoms with Gasteiger partial charge in [0.25, 0.3) is 5.91 Å². The first-order valence-electron chi connectivity index (χ1n) is 14.7. The van der Waals surface area contributed by atoms with Gasteiger partial charge < -0.3 is 25.6 Å². The van der Waals surface area contributed by atoms with E-state index in [1.54, 1.807) is 26.0 Å². The molecule has 1 saturated carbocycles. The van der Waals surface area contributed by atoms with Gasteiger partial charge in [-0.2, -0.15) is 13.2 Å². The average Bonchev–Trinajstić information content (AvgIpc) is 3.75. The smallest absolute Gasteiger partial charge is 0.424 e. The Morgan fingerprint density at radius 2 is 1.83 bits per heavy atom. The molecule has 2 aromatic heterocycles. The number of hydrogen-bond donors (Lipinski definition) is 3. The van der Waals surface area contributed by atoms with E-state index in [9.17, 15) is 32.3 Å². The maximum Gasteiger partial charge on any atom is 0.424 e. The predicted octanol–water partition coefficient (Wildman–Crippen LogP) is 4.99. The van der Waals surface area contributed by atoms with Crippen molar-refractivity contribution < 1.29 is 41.7 Å². The normalized spacial score (nSPS) is 18.8. The van der Waals surface area contributed by atoms with Crippen LogP contribution < -0.4 is 20.5 Å². The molecule has 4 N–H and O–H groups in total. The zero-order valence-electron chi connectivity index (χ0n) is 24.9. The highest BCUT2D eigenvalue weighted by atomic mass is 19.4. The Balaban J connectivity index is 1.41. The van der Waals surface area contributed by atoms with Gasteiger partial charge in [0.1, 0.15) is 40.5 Å². The number of primary amides is 1. The van der Waals surface area contributed by atoms with Gasteiger partial charge in [-0.3, -0.25) is 9.59 Å². The summed E-state index contributed by atoms with van der Waals surface area (Å²) in [7, 11) is 0.